The predicted molar refractivity (Wildman–Crippen MR) is 59.7 cm³/mol. The van der Waals surface area contributed by atoms with E-state index in [-0.39, 0.29) is 12.6 Å². The number of hydrogen-bond donors (Lipinski definition) is 3. The van der Waals surface area contributed by atoms with E-state index >= 15 is 0 Å². The Kier molecular flexibility index (Phi) is 5.47. The highest BCUT2D eigenvalue weighted by Crippen LogP contribution is 2.26. The second-order valence-corrected chi connectivity index (χ2v) is 4.18. The van der Waals surface area contributed by atoms with E-state index in [9.17, 15) is 4.79 Å². The van der Waals surface area contributed by atoms with Crippen LogP contribution in [0.5, 0.6) is 0 Å². The third kappa shape index (κ3) is 4.08. The standard InChI is InChI=1S/C11H22N2O2/c1-2-9-5-3-4-6-10(9)13-11(15)12-7-8-14/h9-10,14H,2-8H2,1H3,(H2,12,13,15). The van der Waals surface area contributed by atoms with Crippen molar-refractivity contribution in [3.05, 3.63) is 0 Å². The molecule has 0 saturated heterocycles. The molecule has 1 saturated carbocycles. The lowest BCUT2D eigenvalue weighted by atomic mass is 9.83. The average Bonchev–Trinajstić information content (AvgIpc) is 2.27. The Morgan fingerprint density at radius 2 is 2.13 bits per heavy atom. The fourth-order valence-electron chi connectivity index (χ4n) is 2.28. The smallest absolute Gasteiger partial charge is 0.315 e. The molecule has 1 aliphatic rings. The van der Waals surface area contributed by atoms with Crippen molar-refractivity contribution >= 4 is 6.03 Å². The van der Waals surface area contributed by atoms with Crippen LogP contribution < -0.4 is 10.6 Å². The molecule has 0 aromatic rings. The fourth-order valence-corrected chi connectivity index (χ4v) is 2.28. The first-order valence-electron chi connectivity index (χ1n) is 5.93. The average molecular weight is 214 g/mol. The van der Waals surface area contributed by atoms with Gasteiger partial charge in [0.15, 0.2) is 0 Å². The lowest BCUT2D eigenvalue weighted by Crippen LogP contribution is -2.47. The van der Waals surface area contributed by atoms with Gasteiger partial charge in [-0.3, -0.25) is 0 Å². The summed E-state index contributed by atoms with van der Waals surface area (Å²) in [5.41, 5.74) is 0. The summed E-state index contributed by atoms with van der Waals surface area (Å²) in [6.45, 7) is 2.50. The van der Waals surface area contributed by atoms with Crippen molar-refractivity contribution in [2.24, 2.45) is 5.92 Å². The Balaban J connectivity index is 2.30. The highest BCUT2D eigenvalue weighted by Gasteiger charge is 2.24. The summed E-state index contributed by atoms with van der Waals surface area (Å²) in [6, 6.07) is 0.178. The fraction of sp³-hybridized carbons (Fsp3) is 0.909. The molecule has 1 rings (SSSR count). The van der Waals surface area contributed by atoms with Crippen LogP contribution in [0.2, 0.25) is 0 Å². The van der Waals surface area contributed by atoms with E-state index in [1.807, 2.05) is 0 Å². The minimum Gasteiger partial charge on any atom is -0.395 e. The first-order chi connectivity index (χ1) is 7.27. The molecule has 2 amide bonds. The van der Waals surface area contributed by atoms with E-state index in [0.29, 0.717) is 18.5 Å². The van der Waals surface area contributed by atoms with E-state index in [4.69, 9.17) is 5.11 Å². The lowest BCUT2D eigenvalue weighted by molar-refractivity contribution is 0.212. The van der Waals surface area contributed by atoms with Crippen molar-refractivity contribution in [3.63, 3.8) is 0 Å². The topological polar surface area (TPSA) is 61.4 Å². The van der Waals surface area contributed by atoms with Crippen molar-refractivity contribution in [1.29, 1.82) is 0 Å². The van der Waals surface area contributed by atoms with Gasteiger partial charge in [-0.1, -0.05) is 26.2 Å². The third-order valence-electron chi connectivity index (χ3n) is 3.15. The Morgan fingerprint density at radius 1 is 1.40 bits per heavy atom. The minimum absolute atomic E-state index is 0.00467. The molecule has 15 heavy (non-hydrogen) atoms. The van der Waals surface area contributed by atoms with Crippen LogP contribution in [0.25, 0.3) is 0 Å². The van der Waals surface area contributed by atoms with Gasteiger partial charge in [0.25, 0.3) is 0 Å². The zero-order chi connectivity index (χ0) is 11.1. The molecular weight excluding hydrogens is 192 g/mol. The van der Waals surface area contributed by atoms with E-state index in [0.717, 1.165) is 12.8 Å². The van der Waals surface area contributed by atoms with Gasteiger partial charge in [-0.25, -0.2) is 4.79 Å². The molecule has 0 aliphatic heterocycles. The van der Waals surface area contributed by atoms with Crippen LogP contribution in [0.1, 0.15) is 39.0 Å². The maximum absolute atomic E-state index is 11.4. The van der Waals surface area contributed by atoms with Crippen LogP contribution >= 0.6 is 0 Å². The van der Waals surface area contributed by atoms with E-state index in [1.165, 1.54) is 19.3 Å². The van der Waals surface area contributed by atoms with Crippen molar-refractivity contribution in [2.45, 2.75) is 45.1 Å². The molecule has 0 radical (unpaired) electrons. The van der Waals surface area contributed by atoms with Gasteiger partial charge < -0.3 is 15.7 Å². The molecule has 2 unspecified atom stereocenters. The largest absolute Gasteiger partial charge is 0.395 e. The number of aliphatic hydroxyl groups excluding tert-OH is 1. The van der Waals surface area contributed by atoms with Crippen molar-refractivity contribution in [1.82, 2.24) is 10.6 Å². The highest BCUT2D eigenvalue weighted by atomic mass is 16.3. The molecule has 4 heteroatoms. The van der Waals surface area contributed by atoms with Gasteiger partial charge in [0.2, 0.25) is 0 Å². The number of hydrogen-bond acceptors (Lipinski definition) is 2. The van der Waals surface area contributed by atoms with Gasteiger partial charge in [-0.15, -0.1) is 0 Å². The van der Waals surface area contributed by atoms with Gasteiger partial charge in [-0.2, -0.15) is 0 Å². The number of amides is 2. The summed E-state index contributed by atoms with van der Waals surface area (Å²) in [5, 5.41) is 14.2. The van der Waals surface area contributed by atoms with Crippen LogP contribution in [-0.4, -0.2) is 30.3 Å². The van der Waals surface area contributed by atoms with Crippen LogP contribution in [0.3, 0.4) is 0 Å². The summed E-state index contributed by atoms with van der Waals surface area (Å²) >= 11 is 0. The van der Waals surface area contributed by atoms with Crippen LogP contribution in [-0.2, 0) is 0 Å². The maximum atomic E-state index is 11.4. The Bertz CT molecular complexity index is 197. The third-order valence-corrected chi connectivity index (χ3v) is 3.15. The molecule has 1 fully saturated rings. The quantitative estimate of drug-likeness (QED) is 0.659. The second kappa shape index (κ2) is 6.67. The zero-order valence-corrected chi connectivity index (χ0v) is 9.46. The van der Waals surface area contributed by atoms with Gasteiger partial charge in [0, 0.05) is 12.6 Å². The highest BCUT2D eigenvalue weighted by molar-refractivity contribution is 5.74. The first kappa shape index (κ1) is 12.3. The predicted octanol–water partition coefficient (Wildman–Crippen LogP) is 1.25. The molecule has 0 aromatic heterocycles. The molecular formula is C11H22N2O2. The molecule has 0 spiro atoms. The Hall–Kier alpha value is -0.770. The summed E-state index contributed by atoms with van der Waals surface area (Å²) in [6.07, 6.45) is 5.94. The number of urea groups is 1. The summed E-state index contributed by atoms with van der Waals surface area (Å²) in [5.74, 6) is 0.624. The summed E-state index contributed by atoms with van der Waals surface area (Å²) in [7, 11) is 0. The van der Waals surface area contributed by atoms with Crippen molar-refractivity contribution in [3.8, 4) is 0 Å². The molecule has 0 heterocycles. The van der Waals surface area contributed by atoms with Gasteiger partial charge in [0.1, 0.15) is 0 Å². The van der Waals surface area contributed by atoms with Gasteiger partial charge >= 0.3 is 6.03 Å². The second-order valence-electron chi connectivity index (χ2n) is 4.18. The van der Waals surface area contributed by atoms with Gasteiger partial charge in [-0.05, 0) is 18.8 Å². The molecule has 3 N–H and O–H groups in total. The molecule has 4 nitrogen and oxygen atoms in total. The Labute approximate surface area is 91.4 Å². The number of carbonyl (C=O) groups excluding carboxylic acids is 1. The molecule has 1 aliphatic carbocycles. The van der Waals surface area contributed by atoms with Crippen molar-refractivity contribution < 1.29 is 9.90 Å². The normalized spacial score (nSPS) is 26.0. The minimum atomic E-state index is -0.144. The van der Waals surface area contributed by atoms with E-state index < -0.39 is 0 Å². The molecule has 0 bridgehead atoms. The van der Waals surface area contributed by atoms with E-state index in [1.54, 1.807) is 0 Å². The number of carbonyl (C=O) groups is 1. The Morgan fingerprint density at radius 3 is 2.80 bits per heavy atom. The number of aliphatic hydroxyl groups is 1. The summed E-state index contributed by atoms with van der Waals surface area (Å²) in [4.78, 5) is 11.4. The maximum Gasteiger partial charge on any atom is 0.315 e. The van der Waals surface area contributed by atoms with Crippen LogP contribution in [0, 0.1) is 5.92 Å². The lowest BCUT2D eigenvalue weighted by Gasteiger charge is -2.31. The van der Waals surface area contributed by atoms with Crippen molar-refractivity contribution in [2.75, 3.05) is 13.2 Å². The van der Waals surface area contributed by atoms with Gasteiger partial charge in [0.05, 0.1) is 6.61 Å². The summed E-state index contributed by atoms with van der Waals surface area (Å²) < 4.78 is 0. The zero-order valence-electron chi connectivity index (χ0n) is 9.46. The molecule has 0 aromatic carbocycles. The van der Waals surface area contributed by atoms with E-state index in [2.05, 4.69) is 17.6 Å². The first-order valence-corrected chi connectivity index (χ1v) is 5.93. The van der Waals surface area contributed by atoms with Crippen LogP contribution in [0.4, 0.5) is 4.79 Å². The van der Waals surface area contributed by atoms with Crippen LogP contribution in [0.15, 0.2) is 0 Å². The number of rotatable bonds is 4. The SMILES string of the molecule is CCC1CCCCC1NC(=O)NCCO. The molecule has 2 atom stereocenters. The number of nitrogens with one attached hydrogen (secondary N) is 2. The molecule has 88 valence electrons. The monoisotopic (exact) mass is 214 g/mol.